The monoisotopic (exact) mass is 298 g/mol. The molecule has 0 spiro atoms. The van der Waals surface area contributed by atoms with Crippen LogP contribution in [0.25, 0.3) is 0 Å². The van der Waals surface area contributed by atoms with E-state index >= 15 is 0 Å². The van der Waals surface area contributed by atoms with Crippen molar-refractivity contribution in [3.05, 3.63) is 34.9 Å². The molecule has 4 heteroatoms. The summed E-state index contributed by atoms with van der Waals surface area (Å²) in [4.78, 5) is 11.3. The van der Waals surface area contributed by atoms with E-state index in [0.29, 0.717) is 11.6 Å². The first-order chi connectivity index (χ1) is 9.10. The molecule has 1 aromatic rings. The molecule has 0 saturated carbocycles. The molecule has 19 heavy (non-hydrogen) atoms. The quantitative estimate of drug-likeness (QED) is 0.516. The summed E-state index contributed by atoms with van der Waals surface area (Å²) in [5.41, 5.74) is 0.977. The second-order valence-corrected chi connectivity index (χ2v) is 10.1. The molecule has 0 radical (unpaired) electrons. The molecule has 0 N–H and O–H groups in total. The first-order valence-corrected chi connectivity index (χ1v) is 9.86. The molecule has 0 aliphatic heterocycles. The van der Waals surface area contributed by atoms with Gasteiger partial charge in [0.25, 0.3) is 0 Å². The van der Waals surface area contributed by atoms with E-state index in [1.807, 2.05) is 24.3 Å². The lowest BCUT2D eigenvalue weighted by molar-refractivity contribution is -0.109. The number of aldehydes is 1. The number of hydrogen-bond donors (Lipinski definition) is 0. The molecule has 0 saturated heterocycles. The lowest BCUT2D eigenvalue weighted by atomic mass is 10.0. The normalized spacial score (nSPS) is 13.3. The van der Waals surface area contributed by atoms with E-state index < -0.39 is 8.32 Å². The van der Waals surface area contributed by atoms with Crippen LogP contribution >= 0.6 is 11.6 Å². The van der Waals surface area contributed by atoms with Crippen LogP contribution in [0.2, 0.25) is 23.2 Å². The summed E-state index contributed by atoms with van der Waals surface area (Å²) in [6, 6.07) is 10.7. The molecule has 0 unspecified atom stereocenters. The third-order valence-electron chi connectivity index (χ3n) is 3.96. The lowest BCUT2D eigenvalue weighted by Crippen LogP contribution is -2.37. The van der Waals surface area contributed by atoms with Gasteiger partial charge in [-0.05, 0) is 35.8 Å². The van der Waals surface area contributed by atoms with Crippen LogP contribution in [-0.2, 0) is 9.22 Å². The Morgan fingerprint density at radius 1 is 1.16 bits per heavy atom. The van der Waals surface area contributed by atoms with Crippen molar-refractivity contribution >= 4 is 26.2 Å². The third kappa shape index (κ3) is 4.44. The van der Waals surface area contributed by atoms with Gasteiger partial charge in [0.15, 0.2) is 8.32 Å². The van der Waals surface area contributed by atoms with E-state index in [1.165, 1.54) is 0 Å². The number of halogens is 1. The summed E-state index contributed by atoms with van der Waals surface area (Å²) in [6.45, 7) is 7.07. The highest BCUT2D eigenvalue weighted by molar-refractivity contribution is 6.73. The molecule has 0 fully saturated rings. The molecule has 0 aliphatic carbocycles. The number of benzene rings is 1. The Bertz CT molecular complexity index is 379. The Morgan fingerprint density at radius 3 is 2.11 bits per heavy atom. The maximum absolute atomic E-state index is 11.3. The maximum atomic E-state index is 11.3. The van der Waals surface area contributed by atoms with E-state index in [0.717, 1.165) is 30.0 Å². The number of carbonyl (C=O) groups is 1. The second-order valence-electron chi connectivity index (χ2n) is 4.85. The van der Waals surface area contributed by atoms with Crippen LogP contribution in [-0.4, -0.2) is 21.2 Å². The molecular formula is C15H23ClO2Si. The fourth-order valence-corrected chi connectivity index (χ4v) is 5.02. The van der Waals surface area contributed by atoms with Crippen molar-refractivity contribution in [3.8, 4) is 0 Å². The van der Waals surface area contributed by atoms with Gasteiger partial charge in [-0.2, -0.15) is 0 Å². The Kier molecular flexibility index (Phi) is 6.76. The van der Waals surface area contributed by atoms with Crippen molar-refractivity contribution in [1.29, 1.82) is 0 Å². The van der Waals surface area contributed by atoms with Crippen LogP contribution in [0.1, 0.15) is 32.3 Å². The largest absolute Gasteiger partial charge is 0.416 e. The minimum Gasteiger partial charge on any atom is -0.416 e. The Hall–Kier alpha value is -0.643. The molecule has 0 aliphatic rings. The maximum Gasteiger partial charge on any atom is 0.192 e. The molecule has 0 bridgehead atoms. The Balaban J connectivity index is 2.72. The zero-order valence-electron chi connectivity index (χ0n) is 12.0. The van der Waals surface area contributed by atoms with E-state index in [2.05, 4.69) is 20.8 Å². The predicted molar refractivity (Wildman–Crippen MR) is 83.4 cm³/mol. The van der Waals surface area contributed by atoms with Crippen molar-refractivity contribution < 1.29 is 9.22 Å². The van der Waals surface area contributed by atoms with Gasteiger partial charge in [-0.3, -0.25) is 0 Å². The molecule has 1 rings (SSSR count). The van der Waals surface area contributed by atoms with Crippen LogP contribution in [0.5, 0.6) is 0 Å². The van der Waals surface area contributed by atoms with Gasteiger partial charge in [-0.15, -0.1) is 0 Å². The van der Waals surface area contributed by atoms with Crippen LogP contribution in [0.15, 0.2) is 24.3 Å². The van der Waals surface area contributed by atoms with Gasteiger partial charge < -0.3 is 9.22 Å². The minimum atomic E-state index is -1.63. The van der Waals surface area contributed by atoms with E-state index in [9.17, 15) is 4.79 Å². The smallest absolute Gasteiger partial charge is 0.192 e. The van der Waals surface area contributed by atoms with Gasteiger partial charge in [0.2, 0.25) is 0 Å². The highest BCUT2D eigenvalue weighted by Crippen LogP contribution is 2.25. The molecular weight excluding hydrogens is 276 g/mol. The van der Waals surface area contributed by atoms with Crippen LogP contribution in [0.4, 0.5) is 0 Å². The summed E-state index contributed by atoms with van der Waals surface area (Å²) < 4.78 is 6.19. The average molecular weight is 299 g/mol. The molecule has 2 nitrogen and oxygen atoms in total. The van der Waals surface area contributed by atoms with Crippen molar-refractivity contribution in [2.45, 2.75) is 44.8 Å². The second kappa shape index (κ2) is 7.83. The minimum absolute atomic E-state index is 0.186. The van der Waals surface area contributed by atoms with Crippen molar-refractivity contribution in [1.82, 2.24) is 0 Å². The summed E-state index contributed by atoms with van der Waals surface area (Å²) >= 11 is 5.86. The first kappa shape index (κ1) is 16.4. The third-order valence-corrected chi connectivity index (χ3v) is 8.86. The SMILES string of the molecule is CC[Si](CC)(CC)OC[C@H](C=O)c1ccc(Cl)cc1. The zero-order chi connectivity index (χ0) is 14.3. The van der Waals surface area contributed by atoms with Crippen molar-refractivity contribution in [2.24, 2.45) is 0 Å². The van der Waals surface area contributed by atoms with Gasteiger partial charge >= 0.3 is 0 Å². The standard InChI is InChI=1S/C15H23ClO2Si/c1-4-19(5-2,6-3)18-12-14(11-17)13-7-9-15(16)10-8-13/h7-11,14H,4-6,12H2,1-3H3/t14-/m0/s1. The number of rotatable bonds is 8. The summed E-state index contributed by atoms with van der Waals surface area (Å²) in [5.74, 6) is -0.186. The molecule has 1 aromatic carbocycles. The van der Waals surface area contributed by atoms with E-state index in [4.69, 9.17) is 16.0 Å². The Labute approximate surface area is 122 Å². The van der Waals surface area contributed by atoms with Crippen molar-refractivity contribution in [2.75, 3.05) is 6.61 Å². The van der Waals surface area contributed by atoms with Crippen molar-refractivity contribution in [3.63, 3.8) is 0 Å². The van der Waals surface area contributed by atoms with E-state index in [-0.39, 0.29) is 5.92 Å². The first-order valence-electron chi connectivity index (χ1n) is 6.95. The van der Waals surface area contributed by atoms with Gasteiger partial charge in [-0.25, -0.2) is 0 Å². The molecule has 1 atom stereocenters. The molecule has 0 amide bonds. The lowest BCUT2D eigenvalue weighted by Gasteiger charge is -2.29. The predicted octanol–water partition coefficient (Wildman–Crippen LogP) is 4.64. The summed E-state index contributed by atoms with van der Waals surface area (Å²) in [6.07, 6.45) is 0.976. The van der Waals surface area contributed by atoms with Crippen LogP contribution in [0, 0.1) is 0 Å². The van der Waals surface area contributed by atoms with E-state index in [1.54, 1.807) is 0 Å². The number of hydrogen-bond acceptors (Lipinski definition) is 2. The molecule has 106 valence electrons. The summed E-state index contributed by atoms with van der Waals surface area (Å²) in [5, 5.41) is 0.689. The van der Waals surface area contributed by atoms with Crippen LogP contribution < -0.4 is 0 Å². The molecule has 0 aromatic heterocycles. The highest BCUT2D eigenvalue weighted by atomic mass is 35.5. The topological polar surface area (TPSA) is 26.3 Å². The van der Waals surface area contributed by atoms with Gasteiger partial charge in [0.1, 0.15) is 6.29 Å². The van der Waals surface area contributed by atoms with Gasteiger partial charge in [0, 0.05) is 11.6 Å². The van der Waals surface area contributed by atoms with Crippen LogP contribution in [0.3, 0.4) is 0 Å². The summed E-state index contributed by atoms with van der Waals surface area (Å²) in [7, 11) is -1.63. The molecule has 0 heterocycles. The fourth-order valence-electron chi connectivity index (χ4n) is 2.25. The highest BCUT2D eigenvalue weighted by Gasteiger charge is 2.29. The fraction of sp³-hybridized carbons (Fsp3) is 0.533. The van der Waals surface area contributed by atoms with Gasteiger partial charge in [0.05, 0.1) is 5.92 Å². The Morgan fingerprint density at radius 2 is 1.68 bits per heavy atom. The van der Waals surface area contributed by atoms with Gasteiger partial charge in [-0.1, -0.05) is 44.5 Å². The average Bonchev–Trinajstić information content (AvgIpc) is 2.46. The number of carbonyl (C=O) groups excluding carboxylic acids is 1. The zero-order valence-corrected chi connectivity index (χ0v) is 13.7.